The van der Waals surface area contributed by atoms with Crippen LogP contribution in [0.2, 0.25) is 0 Å². The van der Waals surface area contributed by atoms with E-state index in [1.807, 2.05) is 0 Å². The van der Waals surface area contributed by atoms with Gasteiger partial charge in [0, 0.05) is 0 Å². The second-order valence-corrected chi connectivity index (χ2v) is 5.87. The van der Waals surface area contributed by atoms with Gasteiger partial charge >= 0.3 is 79.8 Å². The van der Waals surface area contributed by atoms with Crippen molar-refractivity contribution in [3.8, 4) is 0 Å². The van der Waals surface area contributed by atoms with Crippen LogP contribution in [0.5, 0.6) is 0 Å². The quantitative estimate of drug-likeness (QED) is 0.602. The number of benzene rings is 1. The van der Waals surface area contributed by atoms with Crippen LogP contribution in [0.3, 0.4) is 0 Å². The van der Waals surface area contributed by atoms with Crippen molar-refractivity contribution < 1.29 is 0 Å². The molecule has 0 aliphatic carbocycles. The van der Waals surface area contributed by atoms with Gasteiger partial charge in [0.2, 0.25) is 0 Å². The van der Waals surface area contributed by atoms with E-state index in [0.29, 0.717) is 21.2 Å². The zero-order valence-electron chi connectivity index (χ0n) is 7.66. The summed E-state index contributed by atoms with van der Waals surface area (Å²) >= 11 is 0.558. The molecule has 12 heavy (non-hydrogen) atoms. The third-order valence-electron chi connectivity index (χ3n) is 2.40. The second-order valence-electron chi connectivity index (χ2n) is 3.35. The molecule has 1 atom stereocenters. The van der Waals surface area contributed by atoms with Crippen LogP contribution >= 0.6 is 0 Å². The molecule has 1 aliphatic rings. The standard InChI is InChI=1S/C10H13NSe/c1-7-4-5-10-9(6-7)8(2)11(3)12-10/h4-6,8H,1-3H3. The van der Waals surface area contributed by atoms with Crippen molar-refractivity contribution in [2.24, 2.45) is 0 Å². The van der Waals surface area contributed by atoms with Crippen LogP contribution in [0.15, 0.2) is 18.2 Å². The molecule has 0 radical (unpaired) electrons. The van der Waals surface area contributed by atoms with E-state index in [1.54, 1.807) is 4.46 Å². The first-order chi connectivity index (χ1) is 5.68. The molecule has 1 aliphatic heterocycles. The summed E-state index contributed by atoms with van der Waals surface area (Å²) < 4.78 is 4.00. The molecular formula is C10H13NSe. The van der Waals surface area contributed by atoms with Crippen LogP contribution in [0.1, 0.15) is 24.1 Å². The Labute approximate surface area is 80.1 Å². The molecule has 0 aromatic heterocycles. The van der Waals surface area contributed by atoms with E-state index < -0.39 is 0 Å². The summed E-state index contributed by atoms with van der Waals surface area (Å²) in [5, 5.41) is 0. The van der Waals surface area contributed by atoms with E-state index in [2.05, 4.69) is 43.0 Å². The molecule has 0 spiro atoms. The number of nitrogens with zero attached hydrogens (tertiary/aromatic N) is 1. The molecule has 0 saturated carbocycles. The Kier molecular flexibility index (Phi) is 1.99. The predicted octanol–water partition coefficient (Wildman–Crippen LogP) is 1.25. The van der Waals surface area contributed by atoms with Crippen molar-refractivity contribution in [2.45, 2.75) is 19.9 Å². The molecule has 0 bridgehead atoms. The number of rotatable bonds is 0. The maximum atomic E-state index is 2.44. The van der Waals surface area contributed by atoms with Gasteiger partial charge in [0.25, 0.3) is 0 Å². The van der Waals surface area contributed by atoms with Crippen LogP contribution in [0.25, 0.3) is 0 Å². The SMILES string of the molecule is Cc1ccc2c(c1)C(C)N(C)[Se]2. The molecule has 1 unspecified atom stereocenters. The molecular weight excluding hydrogens is 213 g/mol. The number of hydrogen-bond acceptors (Lipinski definition) is 1. The van der Waals surface area contributed by atoms with Crippen LogP contribution in [-0.2, 0) is 0 Å². The average molecular weight is 226 g/mol. The van der Waals surface area contributed by atoms with Gasteiger partial charge in [-0.1, -0.05) is 0 Å². The fourth-order valence-electron chi connectivity index (χ4n) is 1.51. The third-order valence-corrected chi connectivity index (χ3v) is 4.86. The van der Waals surface area contributed by atoms with Crippen molar-refractivity contribution >= 4 is 19.6 Å². The van der Waals surface area contributed by atoms with E-state index in [-0.39, 0.29) is 0 Å². The molecule has 2 heteroatoms. The Bertz CT molecular complexity index is 309. The van der Waals surface area contributed by atoms with E-state index in [9.17, 15) is 0 Å². The average Bonchev–Trinajstić information content (AvgIpc) is 2.31. The zero-order valence-corrected chi connectivity index (χ0v) is 9.38. The van der Waals surface area contributed by atoms with E-state index in [4.69, 9.17) is 0 Å². The Morgan fingerprint density at radius 2 is 2.17 bits per heavy atom. The molecule has 0 saturated heterocycles. The molecule has 1 nitrogen and oxygen atoms in total. The summed E-state index contributed by atoms with van der Waals surface area (Å²) in [4.78, 5) is 0. The van der Waals surface area contributed by atoms with Gasteiger partial charge in [-0.05, 0) is 0 Å². The van der Waals surface area contributed by atoms with Crippen molar-refractivity contribution in [3.05, 3.63) is 29.3 Å². The van der Waals surface area contributed by atoms with Gasteiger partial charge in [0.15, 0.2) is 0 Å². The Morgan fingerprint density at radius 1 is 1.42 bits per heavy atom. The Balaban J connectivity index is 2.48. The van der Waals surface area contributed by atoms with Gasteiger partial charge in [-0.3, -0.25) is 0 Å². The van der Waals surface area contributed by atoms with Crippen LogP contribution in [0, 0.1) is 6.92 Å². The molecule has 2 rings (SSSR count). The van der Waals surface area contributed by atoms with Crippen molar-refractivity contribution in [3.63, 3.8) is 0 Å². The summed E-state index contributed by atoms with van der Waals surface area (Å²) in [5.74, 6) is 0. The van der Waals surface area contributed by atoms with Crippen LogP contribution in [0.4, 0.5) is 0 Å². The van der Waals surface area contributed by atoms with Gasteiger partial charge in [-0.25, -0.2) is 0 Å². The summed E-state index contributed by atoms with van der Waals surface area (Å²) in [6, 6.07) is 7.45. The van der Waals surface area contributed by atoms with Crippen LogP contribution < -0.4 is 4.46 Å². The number of aryl methyl sites for hydroxylation is 1. The summed E-state index contributed by atoms with van der Waals surface area (Å²) in [6.45, 7) is 4.45. The van der Waals surface area contributed by atoms with Crippen molar-refractivity contribution in [1.82, 2.24) is 3.92 Å². The predicted molar refractivity (Wildman–Crippen MR) is 52.7 cm³/mol. The fraction of sp³-hybridized carbons (Fsp3) is 0.400. The monoisotopic (exact) mass is 227 g/mol. The number of fused-ring (bicyclic) bond motifs is 1. The number of hydrogen-bond donors (Lipinski definition) is 0. The molecule has 0 fully saturated rings. The first-order valence-electron chi connectivity index (χ1n) is 4.20. The minimum absolute atomic E-state index is 0.558. The van der Waals surface area contributed by atoms with E-state index >= 15 is 0 Å². The molecule has 0 N–H and O–H groups in total. The molecule has 1 heterocycles. The Morgan fingerprint density at radius 3 is 2.92 bits per heavy atom. The third kappa shape index (κ3) is 1.20. The van der Waals surface area contributed by atoms with Crippen molar-refractivity contribution in [1.29, 1.82) is 0 Å². The van der Waals surface area contributed by atoms with Crippen LogP contribution in [-0.4, -0.2) is 26.1 Å². The normalized spacial score (nSPS) is 22.8. The van der Waals surface area contributed by atoms with Crippen molar-refractivity contribution in [2.75, 3.05) is 7.05 Å². The van der Waals surface area contributed by atoms with Gasteiger partial charge in [0.1, 0.15) is 0 Å². The Hall–Kier alpha value is -0.301. The zero-order chi connectivity index (χ0) is 8.72. The van der Waals surface area contributed by atoms with E-state index in [1.165, 1.54) is 11.1 Å². The van der Waals surface area contributed by atoms with Gasteiger partial charge in [0.05, 0.1) is 0 Å². The summed E-state index contributed by atoms with van der Waals surface area (Å²) in [6.07, 6.45) is 0. The molecule has 64 valence electrons. The first kappa shape index (κ1) is 8.30. The van der Waals surface area contributed by atoms with Gasteiger partial charge in [-0.2, -0.15) is 0 Å². The topological polar surface area (TPSA) is 3.24 Å². The first-order valence-corrected chi connectivity index (χ1v) is 5.82. The summed E-state index contributed by atoms with van der Waals surface area (Å²) in [7, 11) is 2.21. The fourth-order valence-corrected chi connectivity index (χ4v) is 3.70. The molecule has 1 aromatic carbocycles. The van der Waals surface area contributed by atoms with E-state index in [0.717, 1.165) is 0 Å². The second kappa shape index (κ2) is 2.88. The van der Waals surface area contributed by atoms with Gasteiger partial charge in [-0.15, -0.1) is 0 Å². The molecule has 1 aromatic rings. The van der Waals surface area contributed by atoms with Gasteiger partial charge < -0.3 is 0 Å². The maximum absolute atomic E-state index is 2.44. The summed E-state index contributed by atoms with van der Waals surface area (Å²) in [5.41, 5.74) is 2.92. The molecule has 0 amide bonds. The minimum atomic E-state index is 0.558.